The van der Waals surface area contributed by atoms with E-state index in [9.17, 15) is 0 Å². The molecule has 0 unspecified atom stereocenters. The molecule has 0 saturated carbocycles. The minimum Gasteiger partial charge on any atom is -0.195 e. The van der Waals surface area contributed by atoms with E-state index in [4.69, 9.17) is 0 Å². The second kappa shape index (κ2) is 7.76. The van der Waals surface area contributed by atoms with E-state index in [0.717, 1.165) is 0 Å². The molecule has 0 fully saturated rings. The van der Waals surface area contributed by atoms with Crippen molar-refractivity contribution in [2.45, 2.75) is 13.8 Å². The van der Waals surface area contributed by atoms with Gasteiger partial charge in [-0.2, -0.15) is 4.57 Å². The molecule has 0 aliphatic carbocycles. The van der Waals surface area contributed by atoms with Crippen LogP contribution < -0.4 is 4.57 Å². The fourth-order valence-electron chi connectivity index (χ4n) is 2.86. The van der Waals surface area contributed by atoms with Crippen LogP contribution in [0.25, 0.3) is 24.3 Å². The van der Waals surface area contributed by atoms with Crippen molar-refractivity contribution in [2.75, 3.05) is 0 Å². The molecule has 1 heterocycles. The topological polar surface area (TPSA) is 3.88 Å². The van der Waals surface area contributed by atoms with Gasteiger partial charge >= 0.3 is 0 Å². The summed E-state index contributed by atoms with van der Waals surface area (Å²) in [5, 5.41) is 0. The Kier molecular flexibility index (Phi) is 5.25. The number of aryl methyl sites for hydroxylation is 2. The molecule has 1 heteroatoms. The molecule has 0 atom stereocenters. The van der Waals surface area contributed by atoms with E-state index in [0.29, 0.717) is 0 Å². The molecule has 0 radical (unpaired) electrons. The van der Waals surface area contributed by atoms with Crippen LogP contribution in [0.3, 0.4) is 0 Å². The van der Waals surface area contributed by atoms with Gasteiger partial charge in [0.2, 0.25) is 11.4 Å². The Morgan fingerprint density at radius 3 is 1.48 bits per heavy atom. The van der Waals surface area contributed by atoms with Crippen LogP contribution in [0.2, 0.25) is 0 Å². The lowest BCUT2D eigenvalue weighted by atomic mass is 10.1. The predicted molar refractivity (Wildman–Crippen MR) is 108 cm³/mol. The Morgan fingerprint density at radius 1 is 0.600 bits per heavy atom. The SMILES string of the molecule is Cc1cccc(C=Cc2cccc(C=Cc3cccc(C)c3)[n+]2C)c1. The Balaban J connectivity index is 1.85. The fraction of sp³-hybridized carbons (Fsp3) is 0.125. The molecule has 0 bridgehead atoms. The minimum atomic E-state index is 1.17. The molecule has 25 heavy (non-hydrogen) atoms. The Hall–Kier alpha value is -2.93. The second-order valence-corrected chi connectivity index (χ2v) is 6.43. The summed E-state index contributed by atoms with van der Waals surface area (Å²) >= 11 is 0. The molecule has 0 saturated heterocycles. The van der Waals surface area contributed by atoms with Crippen molar-refractivity contribution in [2.24, 2.45) is 7.05 Å². The van der Waals surface area contributed by atoms with Gasteiger partial charge in [-0.25, -0.2) is 0 Å². The molecule has 2 aromatic carbocycles. The largest absolute Gasteiger partial charge is 0.205 e. The van der Waals surface area contributed by atoms with Gasteiger partial charge < -0.3 is 0 Å². The molecule has 1 nitrogen and oxygen atoms in total. The van der Waals surface area contributed by atoms with Gasteiger partial charge in [0.1, 0.15) is 7.05 Å². The van der Waals surface area contributed by atoms with Gasteiger partial charge in [-0.15, -0.1) is 0 Å². The first-order valence-electron chi connectivity index (χ1n) is 8.60. The van der Waals surface area contributed by atoms with E-state index >= 15 is 0 Å². The zero-order valence-corrected chi connectivity index (χ0v) is 15.1. The first-order chi connectivity index (χ1) is 12.1. The summed E-state index contributed by atoms with van der Waals surface area (Å²) in [6, 6.07) is 23.4. The van der Waals surface area contributed by atoms with Crippen molar-refractivity contribution >= 4 is 24.3 Å². The Bertz CT molecular complexity index is 859. The fourth-order valence-corrected chi connectivity index (χ4v) is 2.86. The minimum absolute atomic E-state index is 1.17. The van der Waals surface area contributed by atoms with E-state index in [2.05, 4.69) is 116 Å². The number of hydrogen-bond acceptors (Lipinski definition) is 0. The summed E-state index contributed by atoms with van der Waals surface area (Å²) in [5.41, 5.74) is 7.35. The normalized spacial score (nSPS) is 11.5. The molecular weight excluding hydrogens is 302 g/mol. The number of benzene rings is 2. The summed E-state index contributed by atoms with van der Waals surface area (Å²) in [6.07, 6.45) is 8.66. The number of rotatable bonds is 4. The summed E-state index contributed by atoms with van der Waals surface area (Å²) in [4.78, 5) is 0. The summed E-state index contributed by atoms with van der Waals surface area (Å²) in [5.74, 6) is 0. The van der Waals surface area contributed by atoms with Gasteiger partial charge in [-0.05, 0) is 43.2 Å². The van der Waals surface area contributed by atoms with E-state index in [1.165, 1.54) is 33.6 Å². The summed E-state index contributed by atoms with van der Waals surface area (Å²) in [7, 11) is 2.10. The van der Waals surface area contributed by atoms with E-state index < -0.39 is 0 Å². The number of aromatic nitrogens is 1. The molecule has 1 aromatic heterocycles. The number of hydrogen-bond donors (Lipinski definition) is 0. The van der Waals surface area contributed by atoms with Crippen molar-refractivity contribution < 1.29 is 4.57 Å². The average molecular weight is 326 g/mol. The van der Waals surface area contributed by atoms with Gasteiger partial charge in [-0.3, -0.25) is 0 Å². The summed E-state index contributed by atoms with van der Waals surface area (Å²) < 4.78 is 2.21. The third-order valence-corrected chi connectivity index (χ3v) is 4.29. The first kappa shape index (κ1) is 16.9. The highest BCUT2D eigenvalue weighted by atomic mass is 14.9. The molecule has 0 amide bonds. The maximum absolute atomic E-state index is 2.21. The highest BCUT2D eigenvalue weighted by Crippen LogP contribution is 2.11. The molecule has 0 aliphatic rings. The van der Waals surface area contributed by atoms with Crippen LogP contribution in [0.1, 0.15) is 33.6 Å². The van der Waals surface area contributed by atoms with Gasteiger partial charge in [0.15, 0.2) is 0 Å². The third kappa shape index (κ3) is 4.54. The van der Waals surface area contributed by atoms with Crippen LogP contribution in [0.5, 0.6) is 0 Å². The van der Waals surface area contributed by atoms with E-state index in [-0.39, 0.29) is 0 Å². The highest BCUT2D eigenvalue weighted by molar-refractivity contribution is 5.69. The monoisotopic (exact) mass is 326 g/mol. The molecule has 3 aromatic rings. The standard InChI is InChI=1S/C24H24N/c1-19-7-4-9-21(17-19)13-15-23-11-6-12-24(25(23)3)16-14-22-10-5-8-20(2)18-22/h4-18H,1-3H3/q+1. The van der Waals surface area contributed by atoms with Crippen LogP contribution >= 0.6 is 0 Å². The Labute approximate surface area is 150 Å². The predicted octanol–water partition coefficient (Wildman–Crippen LogP) is 5.47. The van der Waals surface area contributed by atoms with Gasteiger partial charge in [0.25, 0.3) is 0 Å². The number of nitrogens with zero attached hydrogens (tertiary/aromatic N) is 1. The van der Waals surface area contributed by atoms with Crippen LogP contribution in [0, 0.1) is 13.8 Å². The zero-order chi connectivity index (χ0) is 17.6. The van der Waals surface area contributed by atoms with Crippen molar-refractivity contribution in [1.29, 1.82) is 0 Å². The molecule has 0 N–H and O–H groups in total. The van der Waals surface area contributed by atoms with Gasteiger partial charge in [-0.1, -0.05) is 59.7 Å². The molecule has 3 rings (SSSR count). The zero-order valence-electron chi connectivity index (χ0n) is 15.1. The quantitative estimate of drug-likeness (QED) is 0.560. The third-order valence-electron chi connectivity index (χ3n) is 4.29. The van der Waals surface area contributed by atoms with Gasteiger partial charge in [0, 0.05) is 24.3 Å². The van der Waals surface area contributed by atoms with Crippen LogP contribution in [-0.2, 0) is 7.05 Å². The maximum atomic E-state index is 2.21. The van der Waals surface area contributed by atoms with E-state index in [1.807, 2.05) is 0 Å². The lowest BCUT2D eigenvalue weighted by molar-refractivity contribution is -0.675. The van der Waals surface area contributed by atoms with E-state index in [1.54, 1.807) is 0 Å². The number of pyridine rings is 1. The molecular formula is C24H24N+. The van der Waals surface area contributed by atoms with Crippen molar-refractivity contribution in [3.8, 4) is 0 Å². The molecule has 0 spiro atoms. The van der Waals surface area contributed by atoms with Crippen molar-refractivity contribution in [1.82, 2.24) is 0 Å². The smallest absolute Gasteiger partial charge is 0.195 e. The maximum Gasteiger partial charge on any atom is 0.205 e. The lowest BCUT2D eigenvalue weighted by Crippen LogP contribution is -2.35. The molecule has 124 valence electrons. The van der Waals surface area contributed by atoms with Gasteiger partial charge in [0.05, 0.1) is 0 Å². The van der Waals surface area contributed by atoms with Crippen LogP contribution in [0.4, 0.5) is 0 Å². The molecule has 0 aliphatic heterocycles. The lowest BCUT2D eigenvalue weighted by Gasteiger charge is -2.00. The highest BCUT2D eigenvalue weighted by Gasteiger charge is 2.07. The van der Waals surface area contributed by atoms with Crippen LogP contribution in [0.15, 0.2) is 66.7 Å². The second-order valence-electron chi connectivity index (χ2n) is 6.43. The van der Waals surface area contributed by atoms with Crippen molar-refractivity contribution in [3.05, 3.63) is 100 Å². The average Bonchev–Trinajstić information content (AvgIpc) is 2.60. The van der Waals surface area contributed by atoms with Crippen LogP contribution in [-0.4, -0.2) is 0 Å². The first-order valence-corrected chi connectivity index (χ1v) is 8.60. The summed E-state index contributed by atoms with van der Waals surface area (Å²) in [6.45, 7) is 4.24. The van der Waals surface area contributed by atoms with Crippen molar-refractivity contribution in [3.63, 3.8) is 0 Å². The Morgan fingerprint density at radius 2 is 1.04 bits per heavy atom.